The second-order valence-electron chi connectivity index (χ2n) is 16.0. The number of para-hydroxylation sites is 1. The highest BCUT2D eigenvalue weighted by Gasteiger charge is 2.43. The van der Waals surface area contributed by atoms with Crippen LogP contribution in [0.1, 0.15) is 44.2 Å². The van der Waals surface area contributed by atoms with Crippen LogP contribution in [0.4, 0.5) is 5.82 Å². The Morgan fingerprint density at radius 3 is 2.18 bits per heavy atom. The van der Waals surface area contributed by atoms with E-state index in [1.54, 1.807) is 6.92 Å². The van der Waals surface area contributed by atoms with Gasteiger partial charge in [0.1, 0.15) is 19.3 Å². The molecule has 272 valence electrons. The fraction of sp³-hybridized carbons (Fsp3) is 0.568. The monoisotopic (exact) mass is 720 g/mol. The van der Waals surface area contributed by atoms with Gasteiger partial charge in [-0.25, -0.2) is 9.67 Å². The number of esters is 1. The molecule has 0 amide bonds. The molecule has 3 aromatic heterocycles. The third-order valence-electron chi connectivity index (χ3n) is 9.57. The van der Waals surface area contributed by atoms with E-state index in [0.717, 1.165) is 46.1 Å². The van der Waals surface area contributed by atoms with E-state index in [9.17, 15) is 9.90 Å². The summed E-state index contributed by atoms with van der Waals surface area (Å²) in [6, 6.07) is 14.3. The Hall–Kier alpha value is -3.37. The molecule has 1 aliphatic carbocycles. The van der Waals surface area contributed by atoms with E-state index in [4.69, 9.17) is 24.3 Å². The first-order valence-corrected chi connectivity index (χ1v) is 25.4. The maximum atomic E-state index is 12.9. The molecule has 1 aromatic carbocycles. The van der Waals surface area contributed by atoms with Gasteiger partial charge in [0.25, 0.3) is 0 Å². The molecule has 1 saturated carbocycles. The highest BCUT2D eigenvalue weighted by atomic mass is 28.3. The summed E-state index contributed by atoms with van der Waals surface area (Å²) in [6.07, 6.45) is 8.20. The second kappa shape index (κ2) is 16.3. The number of aliphatic hydroxyl groups is 1. The number of nitrogens with zero attached hydrogens (tertiary/aromatic N) is 6. The highest BCUT2D eigenvalue weighted by molar-refractivity contribution is 6.76. The molecule has 13 heteroatoms. The first-order chi connectivity index (χ1) is 23.8. The van der Waals surface area contributed by atoms with Crippen LogP contribution in [0.3, 0.4) is 0 Å². The number of anilines is 1. The standard InChI is InChI=1S/C37H56N6O5Si2/c1-8-48-36(45)37(26-44)16-14-29(15-17-37)33-22-34(41(27-46-18-20-49(2,3)4)28-47-19-21-50(5,6)7)43-35(40-33)32(24-39-43)30-23-38-42(25-30)31-12-10-9-11-13-31/h9-13,22-25,29,44H,8,14-21,26-28H2,1-7H3. The number of fused-ring (bicyclic) bond motifs is 1. The van der Waals surface area contributed by atoms with Gasteiger partial charge in [-0.05, 0) is 56.8 Å². The SMILES string of the molecule is CCOC(=O)C1(CO)CCC(c2cc(N(COCC[Si](C)(C)C)COCC[Si](C)(C)C)n3ncc(-c4cnn(-c5ccccc5)c4)c3n2)CC1. The van der Waals surface area contributed by atoms with E-state index in [1.807, 2.05) is 58.1 Å². The Labute approximate surface area is 299 Å². The molecule has 0 saturated heterocycles. The van der Waals surface area contributed by atoms with Gasteiger partial charge in [-0.2, -0.15) is 14.7 Å². The number of aliphatic hydroxyl groups excluding tert-OH is 1. The lowest BCUT2D eigenvalue weighted by atomic mass is 9.70. The van der Waals surface area contributed by atoms with Crippen LogP contribution in [0, 0.1) is 5.41 Å². The molecule has 0 bridgehead atoms. The smallest absolute Gasteiger partial charge is 0.314 e. The molecular weight excluding hydrogens is 665 g/mol. The summed E-state index contributed by atoms with van der Waals surface area (Å²) in [4.78, 5) is 20.3. The Morgan fingerprint density at radius 1 is 0.960 bits per heavy atom. The number of rotatable bonds is 17. The Balaban J connectivity index is 1.52. The number of hydrogen-bond acceptors (Lipinski definition) is 9. The lowest BCUT2D eigenvalue weighted by Gasteiger charge is -2.36. The van der Waals surface area contributed by atoms with Crippen molar-refractivity contribution in [1.82, 2.24) is 24.4 Å². The van der Waals surface area contributed by atoms with E-state index >= 15 is 0 Å². The second-order valence-corrected chi connectivity index (χ2v) is 27.3. The van der Waals surface area contributed by atoms with Gasteiger partial charge >= 0.3 is 5.97 Å². The summed E-state index contributed by atoms with van der Waals surface area (Å²) in [5.41, 5.74) is 3.54. The van der Waals surface area contributed by atoms with Crippen molar-refractivity contribution < 1.29 is 24.1 Å². The van der Waals surface area contributed by atoms with Crippen molar-refractivity contribution in [2.45, 2.75) is 89.9 Å². The van der Waals surface area contributed by atoms with Gasteiger partial charge in [0.2, 0.25) is 0 Å². The summed E-state index contributed by atoms with van der Waals surface area (Å²) in [7, 11) is -2.56. The minimum absolute atomic E-state index is 0.0881. The molecule has 0 spiro atoms. The molecule has 0 radical (unpaired) electrons. The van der Waals surface area contributed by atoms with Crippen molar-refractivity contribution in [2.24, 2.45) is 5.41 Å². The van der Waals surface area contributed by atoms with Crippen molar-refractivity contribution >= 4 is 33.6 Å². The summed E-state index contributed by atoms with van der Waals surface area (Å²) in [6.45, 7) is 18.1. The number of ether oxygens (including phenoxy) is 3. The van der Waals surface area contributed by atoms with Crippen LogP contribution in [-0.4, -0.2) is 91.5 Å². The van der Waals surface area contributed by atoms with Gasteiger partial charge in [0.15, 0.2) is 5.65 Å². The van der Waals surface area contributed by atoms with Crippen molar-refractivity contribution in [3.63, 3.8) is 0 Å². The Bertz CT molecular complexity index is 1670. The van der Waals surface area contributed by atoms with Crippen molar-refractivity contribution in [2.75, 3.05) is 44.8 Å². The highest BCUT2D eigenvalue weighted by Crippen LogP contribution is 2.44. The minimum Gasteiger partial charge on any atom is -0.465 e. The molecule has 0 atom stereocenters. The molecule has 1 fully saturated rings. The van der Waals surface area contributed by atoms with Gasteiger partial charge < -0.3 is 24.2 Å². The van der Waals surface area contributed by atoms with Crippen LogP contribution in [0.2, 0.25) is 51.4 Å². The van der Waals surface area contributed by atoms with E-state index in [0.29, 0.717) is 59.0 Å². The van der Waals surface area contributed by atoms with E-state index in [-0.39, 0.29) is 18.5 Å². The van der Waals surface area contributed by atoms with Crippen LogP contribution in [-0.2, 0) is 19.0 Å². The van der Waals surface area contributed by atoms with Crippen molar-refractivity contribution in [1.29, 1.82) is 0 Å². The topological polar surface area (TPSA) is 116 Å². The molecule has 0 aliphatic heterocycles. The van der Waals surface area contributed by atoms with Gasteiger partial charge in [-0.3, -0.25) is 4.79 Å². The fourth-order valence-corrected chi connectivity index (χ4v) is 7.75. The molecular formula is C37H56N6O5Si2. The number of aromatic nitrogens is 5. The number of carbonyl (C=O) groups is 1. The number of benzene rings is 1. The molecule has 1 aliphatic rings. The molecule has 0 unspecified atom stereocenters. The van der Waals surface area contributed by atoms with Gasteiger partial charge in [-0.15, -0.1) is 0 Å². The van der Waals surface area contributed by atoms with Gasteiger partial charge in [0.05, 0.1) is 36.7 Å². The Morgan fingerprint density at radius 2 is 1.60 bits per heavy atom. The summed E-state index contributed by atoms with van der Waals surface area (Å²) in [5, 5.41) is 19.9. The zero-order valence-electron chi connectivity index (χ0n) is 31.0. The lowest BCUT2D eigenvalue weighted by molar-refractivity contribution is -0.160. The molecule has 5 rings (SSSR count). The average Bonchev–Trinajstić information content (AvgIpc) is 3.75. The summed E-state index contributed by atoms with van der Waals surface area (Å²) in [5.74, 6) is 0.623. The molecule has 4 aromatic rings. The normalized spacial score (nSPS) is 18.4. The third kappa shape index (κ3) is 9.49. The van der Waals surface area contributed by atoms with Crippen LogP contribution < -0.4 is 4.90 Å². The van der Waals surface area contributed by atoms with Gasteiger partial charge in [-0.1, -0.05) is 57.5 Å². The van der Waals surface area contributed by atoms with Crippen LogP contribution in [0.15, 0.2) is 55.0 Å². The predicted octanol–water partition coefficient (Wildman–Crippen LogP) is 7.21. The van der Waals surface area contributed by atoms with Crippen molar-refractivity contribution in [3.8, 4) is 16.8 Å². The quantitative estimate of drug-likeness (QED) is 0.0523. The maximum absolute atomic E-state index is 12.9. The summed E-state index contributed by atoms with van der Waals surface area (Å²) < 4.78 is 21.8. The maximum Gasteiger partial charge on any atom is 0.314 e. The third-order valence-corrected chi connectivity index (χ3v) is 13.0. The minimum atomic E-state index is -1.28. The van der Waals surface area contributed by atoms with Crippen LogP contribution in [0.5, 0.6) is 0 Å². The molecule has 3 heterocycles. The Kier molecular flexibility index (Phi) is 12.4. The van der Waals surface area contributed by atoms with E-state index in [1.165, 1.54) is 0 Å². The predicted molar refractivity (Wildman–Crippen MR) is 203 cm³/mol. The van der Waals surface area contributed by atoms with Gasteiger partial charge in [0, 0.05) is 64.4 Å². The fourth-order valence-electron chi connectivity index (χ4n) is 6.24. The lowest BCUT2D eigenvalue weighted by Crippen LogP contribution is -2.40. The molecule has 50 heavy (non-hydrogen) atoms. The zero-order valence-corrected chi connectivity index (χ0v) is 33.0. The molecule has 1 N–H and O–H groups in total. The summed E-state index contributed by atoms with van der Waals surface area (Å²) >= 11 is 0. The van der Waals surface area contributed by atoms with Crippen molar-refractivity contribution in [3.05, 3.63) is 60.7 Å². The first-order valence-electron chi connectivity index (χ1n) is 18.0. The zero-order chi connectivity index (χ0) is 35.9. The largest absolute Gasteiger partial charge is 0.465 e. The van der Waals surface area contributed by atoms with Crippen LogP contribution >= 0.6 is 0 Å². The van der Waals surface area contributed by atoms with Crippen LogP contribution in [0.25, 0.3) is 22.5 Å². The van der Waals surface area contributed by atoms with E-state index in [2.05, 4.69) is 55.3 Å². The average molecular weight is 721 g/mol. The first kappa shape index (κ1) is 37.9. The molecule has 11 nitrogen and oxygen atoms in total. The van der Waals surface area contributed by atoms with E-state index < -0.39 is 21.6 Å². The number of hydrogen-bond donors (Lipinski definition) is 1. The number of carbonyl (C=O) groups excluding carboxylic acids is 1.